The van der Waals surface area contributed by atoms with Crippen LogP contribution >= 0.6 is 0 Å². The fourth-order valence-corrected chi connectivity index (χ4v) is 2.38. The molecule has 2 unspecified atom stereocenters. The molecule has 0 spiro atoms. The zero-order valence-corrected chi connectivity index (χ0v) is 13.0. The van der Waals surface area contributed by atoms with Crippen LogP contribution in [0.3, 0.4) is 0 Å². The normalized spacial score (nSPS) is 15.0. The minimum atomic E-state index is -2.67. The number of hydrogen-bond donors (Lipinski definition) is 2. The first-order chi connectivity index (χ1) is 11.2. The molecule has 24 heavy (non-hydrogen) atoms. The summed E-state index contributed by atoms with van der Waals surface area (Å²) in [5.74, 6) is -4.75. The quantitative estimate of drug-likeness (QED) is 0.750. The van der Waals surface area contributed by atoms with Gasteiger partial charge in [0.05, 0.1) is 0 Å². The number of aliphatic carboxylic acids is 1. The van der Waals surface area contributed by atoms with E-state index < -0.39 is 30.5 Å². The van der Waals surface area contributed by atoms with Gasteiger partial charge in [0.25, 0.3) is 5.85 Å². The zero-order valence-electron chi connectivity index (χ0n) is 13.0. The van der Waals surface area contributed by atoms with Crippen molar-refractivity contribution in [1.82, 2.24) is 4.57 Å². The molecule has 0 aliphatic heterocycles. The van der Waals surface area contributed by atoms with Crippen LogP contribution in [0.25, 0.3) is 10.9 Å². The molecule has 0 bridgehead atoms. The van der Waals surface area contributed by atoms with Gasteiger partial charge >= 0.3 is 11.9 Å². The van der Waals surface area contributed by atoms with E-state index in [4.69, 9.17) is 10.8 Å². The van der Waals surface area contributed by atoms with Gasteiger partial charge in [-0.25, -0.2) is 4.39 Å². The van der Waals surface area contributed by atoms with Gasteiger partial charge in [-0.1, -0.05) is 18.2 Å². The summed E-state index contributed by atoms with van der Waals surface area (Å²) >= 11 is 0. The molecule has 0 radical (unpaired) electrons. The van der Waals surface area contributed by atoms with Crippen LogP contribution in [0.1, 0.15) is 12.5 Å². The molecular weight excluding hydrogens is 322 g/mol. The zero-order chi connectivity index (χ0) is 17.9. The Morgan fingerprint density at radius 2 is 2.08 bits per heavy atom. The molecule has 0 saturated heterocycles. The predicted octanol–water partition coefficient (Wildman–Crippen LogP) is 1.79. The van der Waals surface area contributed by atoms with Crippen LogP contribution < -0.4 is 5.73 Å². The van der Waals surface area contributed by atoms with Crippen LogP contribution in [0.2, 0.25) is 0 Å². The maximum absolute atomic E-state index is 13.4. The lowest BCUT2D eigenvalue weighted by molar-refractivity contribution is -0.182. The lowest BCUT2D eigenvalue weighted by Gasteiger charge is -2.17. The first-order valence-corrected chi connectivity index (χ1v) is 7.25. The molecule has 6 nitrogen and oxygen atoms in total. The average molecular weight is 340 g/mol. The summed E-state index contributed by atoms with van der Waals surface area (Å²) in [5.41, 5.74) is 6.84. The van der Waals surface area contributed by atoms with Crippen molar-refractivity contribution >= 4 is 22.8 Å². The number of aromatic nitrogens is 1. The third-order valence-corrected chi connectivity index (χ3v) is 3.49. The number of carboxylic acid groups (broad SMARTS) is 1. The summed E-state index contributed by atoms with van der Waals surface area (Å²) in [4.78, 5) is 22.7. The van der Waals surface area contributed by atoms with E-state index >= 15 is 0 Å². The number of nitrogens with two attached hydrogens (primary N) is 1. The van der Waals surface area contributed by atoms with Gasteiger partial charge in [0.2, 0.25) is 0 Å². The molecule has 1 aromatic carbocycles. The number of hydrogen-bond acceptors (Lipinski definition) is 4. The smallest absolute Gasteiger partial charge is 0.328 e. The Labute approximate surface area is 136 Å². The van der Waals surface area contributed by atoms with Crippen molar-refractivity contribution in [3.8, 4) is 0 Å². The minimum absolute atomic E-state index is 0.0726. The molecule has 0 amide bonds. The number of halogens is 2. The predicted molar refractivity (Wildman–Crippen MR) is 82.8 cm³/mol. The molecule has 8 heteroatoms. The Kier molecular flexibility index (Phi) is 5.18. The van der Waals surface area contributed by atoms with Crippen molar-refractivity contribution in [1.29, 1.82) is 0 Å². The van der Waals surface area contributed by atoms with Crippen molar-refractivity contribution in [3.05, 3.63) is 36.0 Å². The number of nitrogens with zero attached hydrogens (tertiary/aromatic N) is 1. The van der Waals surface area contributed by atoms with Gasteiger partial charge in [-0.3, -0.25) is 9.59 Å². The van der Waals surface area contributed by atoms with Gasteiger partial charge < -0.3 is 20.1 Å². The van der Waals surface area contributed by atoms with Crippen LogP contribution in [0.4, 0.5) is 8.78 Å². The summed E-state index contributed by atoms with van der Waals surface area (Å²) in [6.45, 7) is -0.942. The highest BCUT2D eigenvalue weighted by molar-refractivity contribution is 5.86. The number of ether oxygens (including phenoxy) is 1. The molecule has 0 aliphatic carbocycles. The van der Waals surface area contributed by atoms with Gasteiger partial charge in [0.1, 0.15) is 12.6 Å². The summed E-state index contributed by atoms with van der Waals surface area (Å²) < 4.78 is 31.8. The monoisotopic (exact) mass is 340 g/mol. The molecule has 0 saturated carbocycles. The SMILES string of the molecule is CC(F)(CF)OC(=O)Cn1cc(CC(N)C(=O)O)c2ccccc21. The molecule has 0 aliphatic rings. The number of para-hydroxylation sites is 1. The van der Waals surface area contributed by atoms with Crippen LogP contribution in [0.15, 0.2) is 30.5 Å². The van der Waals surface area contributed by atoms with E-state index in [1.165, 1.54) is 4.57 Å². The molecule has 0 fully saturated rings. The topological polar surface area (TPSA) is 94.5 Å². The second-order valence-corrected chi connectivity index (χ2v) is 5.66. The van der Waals surface area contributed by atoms with Crippen molar-refractivity contribution in [2.75, 3.05) is 6.67 Å². The number of carbonyl (C=O) groups excluding carboxylic acids is 1. The molecular formula is C16H18F2N2O4. The van der Waals surface area contributed by atoms with E-state index in [1.54, 1.807) is 30.5 Å². The van der Waals surface area contributed by atoms with Gasteiger partial charge in [0.15, 0.2) is 6.67 Å². The minimum Gasteiger partial charge on any atom is -0.480 e. The summed E-state index contributed by atoms with van der Waals surface area (Å²) in [6.07, 6.45) is 1.64. The standard InChI is InChI=1S/C16H18F2N2O4/c1-16(18,9-17)24-14(21)8-20-7-10(6-12(19)15(22)23)11-4-2-3-5-13(11)20/h2-5,7,12H,6,8-9,19H2,1H3,(H,22,23). The van der Waals surface area contributed by atoms with Crippen molar-refractivity contribution in [3.63, 3.8) is 0 Å². The third kappa shape index (κ3) is 4.08. The summed E-state index contributed by atoms with van der Waals surface area (Å²) in [7, 11) is 0. The number of rotatable bonds is 7. The Hall–Kier alpha value is -2.48. The highest BCUT2D eigenvalue weighted by Gasteiger charge is 2.28. The van der Waals surface area contributed by atoms with E-state index in [2.05, 4.69) is 4.74 Å². The fraction of sp³-hybridized carbons (Fsp3) is 0.375. The van der Waals surface area contributed by atoms with Crippen LogP contribution in [-0.4, -0.2) is 40.2 Å². The molecule has 2 atom stereocenters. The number of carbonyl (C=O) groups is 2. The molecule has 2 rings (SSSR count). The van der Waals surface area contributed by atoms with Crippen LogP contribution in [-0.2, 0) is 27.3 Å². The van der Waals surface area contributed by atoms with Crippen molar-refractivity contribution < 1.29 is 28.2 Å². The molecule has 1 aromatic heterocycles. The van der Waals surface area contributed by atoms with Crippen molar-refractivity contribution in [2.24, 2.45) is 5.73 Å². The van der Waals surface area contributed by atoms with E-state index in [1.807, 2.05) is 0 Å². The Bertz CT molecular complexity index is 758. The number of carboxylic acids is 1. The third-order valence-electron chi connectivity index (χ3n) is 3.49. The van der Waals surface area contributed by atoms with Gasteiger partial charge in [-0.2, -0.15) is 4.39 Å². The van der Waals surface area contributed by atoms with E-state index in [-0.39, 0.29) is 13.0 Å². The summed E-state index contributed by atoms with van der Waals surface area (Å²) in [5, 5.41) is 9.67. The maximum atomic E-state index is 13.4. The van der Waals surface area contributed by atoms with E-state index in [0.717, 1.165) is 12.3 Å². The Morgan fingerprint density at radius 1 is 1.42 bits per heavy atom. The van der Waals surface area contributed by atoms with Gasteiger partial charge in [-0.05, 0) is 11.6 Å². The largest absolute Gasteiger partial charge is 0.480 e. The lowest BCUT2D eigenvalue weighted by Crippen LogP contribution is -2.32. The average Bonchev–Trinajstić information content (AvgIpc) is 2.84. The van der Waals surface area contributed by atoms with Crippen molar-refractivity contribution in [2.45, 2.75) is 31.8 Å². The van der Waals surface area contributed by atoms with Gasteiger partial charge in [0, 0.05) is 30.4 Å². The number of esters is 1. The number of alkyl halides is 2. The highest BCUT2D eigenvalue weighted by atomic mass is 19.2. The number of fused-ring (bicyclic) bond motifs is 1. The van der Waals surface area contributed by atoms with E-state index in [9.17, 15) is 18.4 Å². The Morgan fingerprint density at radius 3 is 2.71 bits per heavy atom. The first kappa shape index (κ1) is 17.9. The van der Waals surface area contributed by atoms with Gasteiger partial charge in [-0.15, -0.1) is 0 Å². The first-order valence-electron chi connectivity index (χ1n) is 7.25. The van der Waals surface area contributed by atoms with Crippen LogP contribution in [0.5, 0.6) is 0 Å². The summed E-state index contributed by atoms with van der Waals surface area (Å²) in [6, 6.07) is 5.91. The number of benzene rings is 1. The molecule has 1 heterocycles. The van der Waals surface area contributed by atoms with E-state index in [0.29, 0.717) is 11.1 Å². The second-order valence-electron chi connectivity index (χ2n) is 5.66. The molecule has 2 aromatic rings. The maximum Gasteiger partial charge on any atom is 0.328 e. The fourth-order valence-electron chi connectivity index (χ4n) is 2.38. The second kappa shape index (κ2) is 6.96. The Balaban J connectivity index is 2.28. The highest BCUT2D eigenvalue weighted by Crippen LogP contribution is 2.23. The molecule has 130 valence electrons. The van der Waals surface area contributed by atoms with Crippen LogP contribution in [0, 0.1) is 0 Å². The molecule has 3 N–H and O–H groups in total. The lowest BCUT2D eigenvalue weighted by atomic mass is 10.1.